The number of thioether (sulfide) groups is 1. The zero-order chi connectivity index (χ0) is 21.9. The summed E-state index contributed by atoms with van der Waals surface area (Å²) in [5.74, 6) is 1.52. The van der Waals surface area contributed by atoms with E-state index in [2.05, 4.69) is 5.32 Å². The van der Waals surface area contributed by atoms with Crippen LogP contribution in [0, 0.1) is 0 Å². The van der Waals surface area contributed by atoms with Crippen LogP contribution in [-0.2, 0) is 4.79 Å². The Bertz CT molecular complexity index is 1280. The number of amides is 1. The summed E-state index contributed by atoms with van der Waals surface area (Å²) >= 11 is 7.57. The topological polar surface area (TPSA) is 65.4 Å². The van der Waals surface area contributed by atoms with Crippen molar-refractivity contribution < 1.29 is 14.3 Å². The smallest absolute Gasteiger partial charge is 0.234 e. The molecule has 0 unspecified atom stereocenters. The summed E-state index contributed by atoms with van der Waals surface area (Å²) in [7, 11) is 0. The van der Waals surface area contributed by atoms with Gasteiger partial charge in [-0.15, -0.1) is 0 Å². The molecule has 0 atom stereocenters. The molecule has 5 rings (SSSR count). The number of carbonyl (C=O) groups excluding carboxylic acids is 1. The fraction of sp³-hybridized carbons (Fsp3) is 0.0833. The van der Waals surface area contributed by atoms with Gasteiger partial charge >= 0.3 is 0 Å². The third-order valence-corrected chi connectivity index (χ3v) is 6.01. The fourth-order valence-electron chi connectivity index (χ4n) is 3.32. The normalized spacial score (nSPS) is 12.0. The molecule has 0 bridgehead atoms. The monoisotopic (exact) mass is 463 g/mol. The van der Waals surface area contributed by atoms with Crippen LogP contribution >= 0.6 is 23.4 Å². The molecule has 1 aliphatic rings. The first-order chi connectivity index (χ1) is 15.7. The Morgan fingerprint density at radius 3 is 2.72 bits per heavy atom. The molecular weight excluding hydrogens is 446 g/mol. The highest BCUT2D eigenvalue weighted by atomic mass is 35.5. The van der Waals surface area contributed by atoms with Crippen molar-refractivity contribution in [1.29, 1.82) is 0 Å². The van der Waals surface area contributed by atoms with Crippen molar-refractivity contribution in [3.63, 3.8) is 0 Å². The van der Waals surface area contributed by atoms with Gasteiger partial charge in [0.15, 0.2) is 16.7 Å². The van der Waals surface area contributed by atoms with E-state index in [0.717, 1.165) is 28.4 Å². The Hall–Kier alpha value is -3.42. The van der Waals surface area contributed by atoms with Crippen LogP contribution in [0.5, 0.6) is 11.5 Å². The number of aromatic nitrogens is 2. The first kappa shape index (κ1) is 20.5. The van der Waals surface area contributed by atoms with Crippen molar-refractivity contribution >= 4 is 35.0 Å². The molecular formula is C24H18ClN3O3S. The first-order valence-corrected chi connectivity index (χ1v) is 11.3. The molecule has 2 heterocycles. The largest absolute Gasteiger partial charge is 0.454 e. The van der Waals surface area contributed by atoms with E-state index < -0.39 is 0 Å². The number of ether oxygens (including phenoxy) is 2. The van der Waals surface area contributed by atoms with Gasteiger partial charge in [0.05, 0.1) is 11.4 Å². The van der Waals surface area contributed by atoms with Crippen LogP contribution in [0.4, 0.5) is 5.69 Å². The summed E-state index contributed by atoms with van der Waals surface area (Å²) < 4.78 is 12.8. The molecule has 160 valence electrons. The molecule has 0 aliphatic carbocycles. The number of fused-ring (bicyclic) bond motifs is 1. The zero-order valence-electron chi connectivity index (χ0n) is 16.8. The number of anilines is 1. The van der Waals surface area contributed by atoms with Crippen molar-refractivity contribution in [3.8, 4) is 28.4 Å². The molecule has 1 amide bonds. The molecule has 0 spiro atoms. The van der Waals surface area contributed by atoms with Crippen LogP contribution in [0.25, 0.3) is 16.9 Å². The maximum Gasteiger partial charge on any atom is 0.234 e. The molecule has 4 aromatic rings. The minimum absolute atomic E-state index is 0.105. The van der Waals surface area contributed by atoms with Crippen molar-refractivity contribution in [2.45, 2.75) is 5.16 Å². The van der Waals surface area contributed by atoms with Gasteiger partial charge in [0.2, 0.25) is 12.7 Å². The Balaban J connectivity index is 1.43. The number of rotatable bonds is 6. The quantitative estimate of drug-likeness (QED) is 0.374. The third kappa shape index (κ3) is 4.44. The van der Waals surface area contributed by atoms with E-state index in [1.165, 1.54) is 11.8 Å². The number of hydrogen-bond acceptors (Lipinski definition) is 5. The van der Waals surface area contributed by atoms with Gasteiger partial charge in [0, 0.05) is 28.2 Å². The number of nitrogens with one attached hydrogen (secondary N) is 1. The lowest BCUT2D eigenvalue weighted by molar-refractivity contribution is -0.113. The summed E-state index contributed by atoms with van der Waals surface area (Å²) in [6, 6.07) is 22.6. The van der Waals surface area contributed by atoms with Crippen LogP contribution in [-0.4, -0.2) is 28.0 Å². The van der Waals surface area contributed by atoms with E-state index in [4.69, 9.17) is 26.1 Å². The average Bonchev–Trinajstić information content (AvgIpc) is 3.45. The van der Waals surface area contributed by atoms with E-state index >= 15 is 0 Å². The van der Waals surface area contributed by atoms with Gasteiger partial charge in [-0.3, -0.25) is 9.36 Å². The molecule has 6 nitrogen and oxygen atoms in total. The molecule has 0 fully saturated rings. The average molecular weight is 464 g/mol. The predicted molar refractivity (Wildman–Crippen MR) is 126 cm³/mol. The highest BCUT2D eigenvalue weighted by Gasteiger charge is 2.18. The zero-order valence-corrected chi connectivity index (χ0v) is 18.4. The van der Waals surface area contributed by atoms with Gasteiger partial charge in [-0.1, -0.05) is 47.6 Å². The lowest BCUT2D eigenvalue weighted by atomic mass is 10.1. The second-order valence-electron chi connectivity index (χ2n) is 7.03. The Labute approximate surface area is 194 Å². The Morgan fingerprint density at radius 1 is 1.03 bits per heavy atom. The van der Waals surface area contributed by atoms with Crippen LogP contribution in [0.1, 0.15) is 0 Å². The van der Waals surface area contributed by atoms with Gasteiger partial charge in [-0.2, -0.15) is 0 Å². The van der Waals surface area contributed by atoms with Crippen LogP contribution < -0.4 is 14.8 Å². The van der Waals surface area contributed by atoms with Crippen molar-refractivity contribution in [2.24, 2.45) is 0 Å². The molecule has 1 N–H and O–H groups in total. The van der Waals surface area contributed by atoms with Crippen LogP contribution in [0.15, 0.2) is 84.1 Å². The number of benzene rings is 3. The number of halogens is 1. The first-order valence-electron chi connectivity index (χ1n) is 9.89. The molecule has 0 radical (unpaired) electrons. The van der Waals surface area contributed by atoms with Gasteiger partial charge in [-0.05, 0) is 48.5 Å². The predicted octanol–water partition coefficient (Wildman–Crippen LogP) is 5.65. The van der Waals surface area contributed by atoms with Gasteiger partial charge in [0.25, 0.3) is 0 Å². The van der Waals surface area contributed by atoms with Crippen molar-refractivity contribution in [1.82, 2.24) is 9.55 Å². The fourth-order valence-corrected chi connectivity index (χ4v) is 4.30. The molecule has 1 aliphatic heterocycles. The number of para-hydroxylation sites is 1. The van der Waals surface area contributed by atoms with Gasteiger partial charge in [0.1, 0.15) is 0 Å². The summed E-state index contributed by atoms with van der Waals surface area (Å²) in [5, 5.41) is 4.21. The van der Waals surface area contributed by atoms with E-state index in [1.807, 2.05) is 83.6 Å². The van der Waals surface area contributed by atoms with E-state index in [9.17, 15) is 4.79 Å². The maximum absolute atomic E-state index is 12.5. The summed E-state index contributed by atoms with van der Waals surface area (Å²) in [6.45, 7) is 0.216. The highest BCUT2D eigenvalue weighted by Crippen LogP contribution is 2.36. The van der Waals surface area contributed by atoms with Crippen LogP contribution in [0.3, 0.4) is 0 Å². The van der Waals surface area contributed by atoms with Gasteiger partial charge in [-0.25, -0.2) is 4.98 Å². The number of carbonyl (C=O) groups is 1. The van der Waals surface area contributed by atoms with E-state index in [-0.39, 0.29) is 18.5 Å². The Kier molecular flexibility index (Phi) is 5.75. The van der Waals surface area contributed by atoms with E-state index in [0.29, 0.717) is 15.9 Å². The van der Waals surface area contributed by atoms with Gasteiger partial charge < -0.3 is 14.8 Å². The second kappa shape index (κ2) is 8.98. The number of hydrogen-bond donors (Lipinski definition) is 1. The van der Waals surface area contributed by atoms with Crippen molar-refractivity contribution in [2.75, 3.05) is 17.9 Å². The second-order valence-corrected chi connectivity index (χ2v) is 8.41. The standard InChI is InChI=1S/C24H18ClN3O3S/c25-17-5-4-8-19(12-17)28-13-20(16-9-10-21-22(11-16)31-15-30-21)27-24(28)32-14-23(29)26-18-6-2-1-3-7-18/h1-13H,14-15H2,(H,26,29). The minimum Gasteiger partial charge on any atom is -0.454 e. The molecule has 1 aromatic heterocycles. The summed E-state index contributed by atoms with van der Waals surface area (Å²) in [6.07, 6.45) is 1.93. The summed E-state index contributed by atoms with van der Waals surface area (Å²) in [5.41, 5.74) is 3.28. The molecule has 3 aromatic carbocycles. The number of imidazole rings is 1. The van der Waals surface area contributed by atoms with Crippen LogP contribution in [0.2, 0.25) is 5.02 Å². The third-order valence-electron chi connectivity index (χ3n) is 4.82. The lowest BCUT2D eigenvalue weighted by Gasteiger charge is -2.08. The molecule has 0 saturated heterocycles. The van der Waals surface area contributed by atoms with Crippen molar-refractivity contribution in [3.05, 3.63) is 84.0 Å². The lowest BCUT2D eigenvalue weighted by Crippen LogP contribution is -2.14. The molecule has 0 saturated carbocycles. The maximum atomic E-state index is 12.5. The summed E-state index contributed by atoms with van der Waals surface area (Å²) in [4.78, 5) is 17.3. The Morgan fingerprint density at radius 2 is 1.88 bits per heavy atom. The molecule has 32 heavy (non-hydrogen) atoms. The molecule has 8 heteroatoms. The minimum atomic E-state index is -0.105. The SMILES string of the molecule is O=C(CSc1nc(-c2ccc3c(c2)OCO3)cn1-c1cccc(Cl)c1)Nc1ccccc1. The number of nitrogens with zero attached hydrogens (tertiary/aromatic N) is 2. The van der Waals surface area contributed by atoms with E-state index in [1.54, 1.807) is 0 Å². The highest BCUT2D eigenvalue weighted by molar-refractivity contribution is 7.99.